The lowest BCUT2D eigenvalue weighted by Gasteiger charge is -2.13. The van der Waals surface area contributed by atoms with Crippen LogP contribution >= 0.6 is 0 Å². The number of nitrogens with zero attached hydrogens (tertiary/aromatic N) is 2. The zero-order valence-electron chi connectivity index (χ0n) is 11.3. The van der Waals surface area contributed by atoms with Crippen LogP contribution < -0.4 is 20.1 Å². The minimum atomic E-state index is -0.451. The molecule has 1 amide bonds. The van der Waals surface area contributed by atoms with Crippen LogP contribution in [0.5, 0.6) is 11.8 Å². The summed E-state index contributed by atoms with van der Waals surface area (Å²) in [6.07, 6.45) is 1.41. The molecule has 0 aromatic carbocycles. The molecule has 0 aliphatic heterocycles. The lowest BCUT2D eigenvalue weighted by molar-refractivity contribution is 0.0995. The maximum atomic E-state index is 12.0. The van der Waals surface area contributed by atoms with Crippen molar-refractivity contribution in [2.75, 3.05) is 31.9 Å². The van der Waals surface area contributed by atoms with Gasteiger partial charge in [0.2, 0.25) is 17.7 Å². The lowest BCUT2D eigenvalue weighted by atomic mass is 10.4. The molecule has 0 atom stereocenters. The Hall–Kier alpha value is -2.77. The quantitative estimate of drug-likeness (QED) is 0.852. The normalized spacial score (nSPS) is 9.95. The van der Waals surface area contributed by atoms with Gasteiger partial charge in [-0.15, -0.1) is 0 Å². The van der Waals surface area contributed by atoms with E-state index in [4.69, 9.17) is 13.9 Å². The minimum Gasteiger partial charge on any atom is -0.479 e. The number of hydrogen-bond donors (Lipinski definition) is 2. The van der Waals surface area contributed by atoms with Crippen LogP contribution in [0.25, 0.3) is 0 Å². The van der Waals surface area contributed by atoms with Crippen molar-refractivity contribution in [1.29, 1.82) is 0 Å². The standard InChI is InChI=1S/C12H14N4O4/c1-13-12-15-10(18-2)8(11(16-12)19-3)14-9(17)7-5-4-6-20-7/h4-6H,1-3H3,(H,14,17)(H,13,15,16). The summed E-state index contributed by atoms with van der Waals surface area (Å²) in [5.41, 5.74) is 0.232. The summed E-state index contributed by atoms with van der Waals surface area (Å²) < 4.78 is 15.3. The fourth-order valence-corrected chi connectivity index (χ4v) is 1.52. The van der Waals surface area contributed by atoms with E-state index in [9.17, 15) is 4.79 Å². The SMILES string of the molecule is CNc1nc(OC)c(NC(=O)c2ccco2)c(OC)n1. The van der Waals surface area contributed by atoms with Crippen molar-refractivity contribution in [3.05, 3.63) is 24.2 Å². The Morgan fingerprint density at radius 2 is 1.90 bits per heavy atom. The average Bonchev–Trinajstić information content (AvgIpc) is 3.01. The van der Waals surface area contributed by atoms with Crippen LogP contribution in [0, 0.1) is 0 Å². The Morgan fingerprint density at radius 1 is 1.25 bits per heavy atom. The molecule has 8 nitrogen and oxygen atoms in total. The predicted molar refractivity (Wildman–Crippen MR) is 71.3 cm³/mol. The van der Waals surface area contributed by atoms with Gasteiger partial charge in [-0.3, -0.25) is 4.79 Å². The van der Waals surface area contributed by atoms with Gasteiger partial charge >= 0.3 is 0 Å². The molecular formula is C12H14N4O4. The van der Waals surface area contributed by atoms with Gasteiger partial charge in [-0.1, -0.05) is 0 Å². The first-order valence-electron chi connectivity index (χ1n) is 5.72. The fourth-order valence-electron chi connectivity index (χ4n) is 1.52. The molecule has 0 aliphatic rings. The number of carbonyl (C=O) groups is 1. The Labute approximate surface area is 115 Å². The number of carbonyl (C=O) groups excluding carboxylic acids is 1. The number of furan rings is 1. The highest BCUT2D eigenvalue weighted by molar-refractivity contribution is 6.03. The monoisotopic (exact) mass is 278 g/mol. The zero-order valence-corrected chi connectivity index (χ0v) is 11.3. The number of methoxy groups -OCH3 is 2. The van der Waals surface area contributed by atoms with Crippen molar-refractivity contribution in [2.45, 2.75) is 0 Å². The van der Waals surface area contributed by atoms with Gasteiger partial charge in [0.05, 0.1) is 20.5 Å². The summed E-state index contributed by atoms with van der Waals surface area (Å²) in [5.74, 6) is 0.385. The van der Waals surface area contributed by atoms with Crippen molar-refractivity contribution in [3.8, 4) is 11.8 Å². The van der Waals surface area contributed by atoms with Crippen molar-refractivity contribution < 1.29 is 18.7 Å². The molecule has 0 saturated heterocycles. The molecule has 0 radical (unpaired) electrons. The summed E-state index contributed by atoms with van der Waals surface area (Å²) in [6, 6.07) is 3.15. The molecule has 2 aromatic rings. The minimum absolute atomic E-state index is 0.159. The van der Waals surface area contributed by atoms with Gasteiger partial charge in [0.15, 0.2) is 11.4 Å². The van der Waals surface area contributed by atoms with Crippen molar-refractivity contribution in [1.82, 2.24) is 9.97 Å². The van der Waals surface area contributed by atoms with E-state index in [0.29, 0.717) is 5.95 Å². The number of rotatable bonds is 5. The first-order valence-corrected chi connectivity index (χ1v) is 5.72. The van der Waals surface area contributed by atoms with Crippen LogP contribution in [0.3, 0.4) is 0 Å². The van der Waals surface area contributed by atoms with E-state index in [2.05, 4.69) is 20.6 Å². The van der Waals surface area contributed by atoms with Gasteiger partial charge in [0.25, 0.3) is 5.91 Å². The van der Waals surface area contributed by atoms with E-state index in [1.54, 1.807) is 13.1 Å². The summed E-state index contributed by atoms with van der Waals surface area (Å²) in [6.45, 7) is 0. The van der Waals surface area contributed by atoms with Gasteiger partial charge < -0.3 is 24.5 Å². The zero-order chi connectivity index (χ0) is 14.5. The van der Waals surface area contributed by atoms with Crippen LogP contribution in [0.1, 0.15) is 10.6 Å². The van der Waals surface area contributed by atoms with Crippen LogP contribution in [0.2, 0.25) is 0 Å². The maximum absolute atomic E-state index is 12.0. The van der Waals surface area contributed by atoms with Gasteiger partial charge in [-0.25, -0.2) is 0 Å². The molecule has 0 spiro atoms. The number of nitrogens with one attached hydrogen (secondary N) is 2. The first-order chi connectivity index (χ1) is 9.69. The molecule has 8 heteroatoms. The molecule has 0 saturated carbocycles. The second kappa shape index (κ2) is 5.91. The summed E-state index contributed by atoms with van der Waals surface area (Å²) in [5, 5.41) is 5.37. The fraction of sp³-hybridized carbons (Fsp3) is 0.250. The Kier molecular flexibility index (Phi) is 4.04. The molecule has 20 heavy (non-hydrogen) atoms. The maximum Gasteiger partial charge on any atom is 0.291 e. The number of anilines is 2. The van der Waals surface area contributed by atoms with Gasteiger partial charge in [0.1, 0.15) is 0 Å². The van der Waals surface area contributed by atoms with Crippen LogP contribution in [-0.2, 0) is 0 Å². The lowest BCUT2D eigenvalue weighted by Crippen LogP contribution is -2.14. The molecule has 2 rings (SSSR count). The van der Waals surface area contributed by atoms with E-state index in [0.717, 1.165) is 0 Å². The highest BCUT2D eigenvalue weighted by atomic mass is 16.5. The Bertz CT molecular complexity index is 573. The number of amides is 1. The smallest absolute Gasteiger partial charge is 0.291 e. The average molecular weight is 278 g/mol. The molecule has 0 unspecified atom stereocenters. The predicted octanol–water partition coefficient (Wildman–Crippen LogP) is 1.38. The Balaban J connectivity index is 2.37. The molecule has 2 aromatic heterocycles. The van der Waals surface area contributed by atoms with Crippen molar-refractivity contribution in [2.24, 2.45) is 0 Å². The first kappa shape index (κ1) is 13.7. The van der Waals surface area contributed by atoms with E-state index < -0.39 is 5.91 Å². The van der Waals surface area contributed by atoms with E-state index in [1.807, 2.05) is 0 Å². The van der Waals surface area contributed by atoms with Gasteiger partial charge in [-0.05, 0) is 12.1 Å². The molecule has 2 N–H and O–H groups in total. The second-order valence-corrected chi connectivity index (χ2v) is 3.62. The van der Waals surface area contributed by atoms with Crippen LogP contribution in [-0.4, -0.2) is 37.1 Å². The third kappa shape index (κ3) is 2.63. The number of ether oxygens (including phenoxy) is 2. The van der Waals surface area contributed by atoms with Gasteiger partial charge in [0, 0.05) is 7.05 Å². The number of aromatic nitrogens is 2. The van der Waals surface area contributed by atoms with Crippen LogP contribution in [0.15, 0.2) is 22.8 Å². The highest BCUT2D eigenvalue weighted by Gasteiger charge is 2.20. The summed E-state index contributed by atoms with van der Waals surface area (Å²) in [7, 11) is 4.53. The molecule has 0 aliphatic carbocycles. The topological polar surface area (TPSA) is 98.5 Å². The third-order valence-corrected chi connectivity index (χ3v) is 2.44. The Morgan fingerprint density at radius 3 is 2.35 bits per heavy atom. The molecule has 0 bridgehead atoms. The van der Waals surface area contributed by atoms with Crippen molar-refractivity contribution in [3.63, 3.8) is 0 Å². The molecular weight excluding hydrogens is 264 g/mol. The third-order valence-electron chi connectivity index (χ3n) is 2.44. The van der Waals surface area contributed by atoms with Crippen molar-refractivity contribution >= 4 is 17.5 Å². The van der Waals surface area contributed by atoms with Gasteiger partial charge in [-0.2, -0.15) is 9.97 Å². The highest BCUT2D eigenvalue weighted by Crippen LogP contribution is 2.32. The molecule has 0 fully saturated rings. The largest absolute Gasteiger partial charge is 0.479 e. The van der Waals surface area contributed by atoms with Crippen LogP contribution in [0.4, 0.5) is 11.6 Å². The van der Waals surface area contributed by atoms with E-state index >= 15 is 0 Å². The number of hydrogen-bond acceptors (Lipinski definition) is 7. The van der Waals surface area contributed by atoms with E-state index in [1.165, 1.54) is 26.5 Å². The molecule has 2 heterocycles. The summed E-state index contributed by atoms with van der Waals surface area (Å²) >= 11 is 0. The second-order valence-electron chi connectivity index (χ2n) is 3.62. The molecule has 106 valence electrons. The van der Waals surface area contributed by atoms with E-state index in [-0.39, 0.29) is 23.2 Å². The summed E-state index contributed by atoms with van der Waals surface area (Å²) in [4.78, 5) is 20.1.